The van der Waals surface area contributed by atoms with Crippen molar-refractivity contribution in [2.24, 2.45) is 13.0 Å². The lowest BCUT2D eigenvalue weighted by molar-refractivity contribution is -0.130. The maximum absolute atomic E-state index is 12.8. The molecule has 3 rings (SSSR count). The molecule has 1 aromatic heterocycles. The summed E-state index contributed by atoms with van der Waals surface area (Å²) < 4.78 is 1.66. The van der Waals surface area contributed by atoms with Gasteiger partial charge in [0, 0.05) is 26.2 Å². The van der Waals surface area contributed by atoms with Crippen molar-refractivity contribution in [2.45, 2.75) is 31.7 Å². The molecule has 0 bridgehead atoms. The summed E-state index contributed by atoms with van der Waals surface area (Å²) in [6.45, 7) is 2.26. The Morgan fingerprint density at radius 1 is 1.42 bits per heavy atom. The lowest BCUT2D eigenvalue weighted by atomic mass is 9.94. The van der Waals surface area contributed by atoms with Crippen molar-refractivity contribution in [1.82, 2.24) is 15.1 Å². The molecule has 19 heavy (non-hydrogen) atoms. The Morgan fingerprint density at radius 3 is 2.74 bits per heavy atom. The zero-order chi connectivity index (χ0) is 13.6. The Balaban J connectivity index is 1.96. The van der Waals surface area contributed by atoms with E-state index in [1.54, 1.807) is 22.0 Å². The van der Waals surface area contributed by atoms with Crippen molar-refractivity contribution in [3.63, 3.8) is 0 Å². The SMILES string of the molecule is Cn1cc(N2CCC(=O)NC(C)(C3CC3)C2=O)cn1. The number of carbonyl (C=O) groups excluding carboxylic acids is 2. The second kappa shape index (κ2) is 4.08. The van der Waals surface area contributed by atoms with Gasteiger partial charge in [-0.15, -0.1) is 0 Å². The largest absolute Gasteiger partial charge is 0.342 e. The van der Waals surface area contributed by atoms with Crippen LogP contribution < -0.4 is 10.2 Å². The molecule has 1 saturated heterocycles. The average molecular weight is 262 g/mol. The molecule has 102 valence electrons. The lowest BCUT2D eigenvalue weighted by Crippen LogP contribution is -2.56. The molecule has 2 amide bonds. The number of hydrogen-bond donors (Lipinski definition) is 1. The number of hydrogen-bond acceptors (Lipinski definition) is 3. The monoisotopic (exact) mass is 262 g/mol. The van der Waals surface area contributed by atoms with E-state index in [4.69, 9.17) is 0 Å². The minimum Gasteiger partial charge on any atom is -0.342 e. The minimum atomic E-state index is -0.760. The third-order valence-electron chi connectivity index (χ3n) is 4.05. The summed E-state index contributed by atoms with van der Waals surface area (Å²) in [5.74, 6) is 0.198. The summed E-state index contributed by atoms with van der Waals surface area (Å²) in [7, 11) is 1.81. The van der Waals surface area contributed by atoms with Gasteiger partial charge in [-0.2, -0.15) is 5.10 Å². The first-order chi connectivity index (χ1) is 9.00. The molecule has 1 aromatic rings. The summed E-state index contributed by atoms with van der Waals surface area (Å²) in [4.78, 5) is 26.3. The van der Waals surface area contributed by atoms with Gasteiger partial charge in [0.1, 0.15) is 5.54 Å². The normalized spacial score (nSPS) is 28.2. The molecule has 0 spiro atoms. The molecule has 1 saturated carbocycles. The molecular formula is C13H18N4O2. The van der Waals surface area contributed by atoms with Gasteiger partial charge in [0.05, 0.1) is 11.9 Å². The Labute approximate surface area is 111 Å². The highest BCUT2D eigenvalue weighted by molar-refractivity contribution is 6.04. The van der Waals surface area contributed by atoms with Crippen LogP contribution in [0.4, 0.5) is 5.69 Å². The van der Waals surface area contributed by atoms with Crippen molar-refractivity contribution in [3.05, 3.63) is 12.4 Å². The third-order valence-corrected chi connectivity index (χ3v) is 4.05. The van der Waals surface area contributed by atoms with E-state index in [-0.39, 0.29) is 17.7 Å². The van der Waals surface area contributed by atoms with Crippen LogP contribution in [-0.4, -0.2) is 33.7 Å². The fraction of sp³-hybridized carbons (Fsp3) is 0.615. The molecule has 1 atom stereocenters. The fourth-order valence-corrected chi connectivity index (χ4v) is 2.73. The first-order valence-corrected chi connectivity index (χ1v) is 6.62. The molecule has 2 fully saturated rings. The van der Waals surface area contributed by atoms with Crippen molar-refractivity contribution >= 4 is 17.5 Å². The number of rotatable bonds is 2. The Kier molecular flexibility index (Phi) is 2.62. The Bertz CT molecular complexity index is 535. The molecule has 0 radical (unpaired) electrons. The summed E-state index contributed by atoms with van der Waals surface area (Å²) in [6.07, 6.45) is 5.82. The third kappa shape index (κ3) is 2.01. The van der Waals surface area contributed by atoms with Gasteiger partial charge in [-0.1, -0.05) is 0 Å². The highest BCUT2D eigenvalue weighted by atomic mass is 16.2. The number of anilines is 1. The summed E-state index contributed by atoms with van der Waals surface area (Å²) in [5, 5.41) is 7.02. The maximum atomic E-state index is 12.8. The standard InChI is InChI=1S/C13H18N4O2/c1-13(9-3-4-9)12(19)17(6-5-11(18)15-13)10-7-14-16(2)8-10/h7-9H,3-6H2,1-2H3,(H,15,18). The van der Waals surface area contributed by atoms with Gasteiger partial charge >= 0.3 is 0 Å². The van der Waals surface area contributed by atoms with E-state index >= 15 is 0 Å². The van der Waals surface area contributed by atoms with Crippen molar-refractivity contribution in [2.75, 3.05) is 11.4 Å². The highest BCUT2D eigenvalue weighted by Gasteiger charge is 2.51. The lowest BCUT2D eigenvalue weighted by Gasteiger charge is -2.31. The first-order valence-electron chi connectivity index (χ1n) is 6.62. The zero-order valence-electron chi connectivity index (χ0n) is 11.2. The van der Waals surface area contributed by atoms with Gasteiger partial charge in [-0.3, -0.25) is 14.3 Å². The molecule has 1 unspecified atom stereocenters. The topological polar surface area (TPSA) is 67.2 Å². The van der Waals surface area contributed by atoms with E-state index in [9.17, 15) is 9.59 Å². The van der Waals surface area contributed by atoms with E-state index in [1.165, 1.54) is 0 Å². The molecule has 2 aliphatic rings. The molecule has 0 aromatic carbocycles. The van der Waals surface area contributed by atoms with Crippen LogP contribution in [0.3, 0.4) is 0 Å². The number of aryl methyl sites for hydroxylation is 1. The summed E-state index contributed by atoms with van der Waals surface area (Å²) in [5.41, 5.74) is -0.000422. The fourth-order valence-electron chi connectivity index (χ4n) is 2.73. The minimum absolute atomic E-state index is 0.0196. The van der Waals surface area contributed by atoms with Gasteiger partial charge in [-0.25, -0.2) is 0 Å². The van der Waals surface area contributed by atoms with Crippen LogP contribution in [-0.2, 0) is 16.6 Å². The van der Waals surface area contributed by atoms with Crippen LogP contribution in [0.2, 0.25) is 0 Å². The number of aromatic nitrogens is 2. The molecule has 1 N–H and O–H groups in total. The number of nitrogens with zero attached hydrogens (tertiary/aromatic N) is 3. The maximum Gasteiger partial charge on any atom is 0.252 e. The van der Waals surface area contributed by atoms with Gasteiger partial charge in [-0.05, 0) is 25.7 Å². The zero-order valence-corrected chi connectivity index (χ0v) is 11.2. The van der Waals surface area contributed by atoms with Gasteiger partial charge in [0.15, 0.2) is 0 Å². The number of carbonyl (C=O) groups is 2. The summed E-state index contributed by atoms with van der Waals surface area (Å²) in [6, 6.07) is 0. The molecular weight excluding hydrogens is 244 g/mol. The van der Waals surface area contributed by atoms with E-state index in [1.807, 2.05) is 14.0 Å². The van der Waals surface area contributed by atoms with E-state index in [0.29, 0.717) is 13.0 Å². The van der Waals surface area contributed by atoms with Gasteiger partial charge in [0.2, 0.25) is 5.91 Å². The van der Waals surface area contributed by atoms with E-state index in [0.717, 1.165) is 18.5 Å². The van der Waals surface area contributed by atoms with Crippen molar-refractivity contribution < 1.29 is 9.59 Å². The molecule has 1 aliphatic carbocycles. The highest BCUT2D eigenvalue weighted by Crippen LogP contribution is 2.41. The van der Waals surface area contributed by atoms with Crippen LogP contribution >= 0.6 is 0 Å². The average Bonchev–Trinajstić information content (AvgIpc) is 3.14. The van der Waals surface area contributed by atoms with Crippen LogP contribution in [0.1, 0.15) is 26.2 Å². The van der Waals surface area contributed by atoms with Gasteiger partial charge < -0.3 is 10.2 Å². The van der Waals surface area contributed by atoms with Crippen LogP contribution in [0.15, 0.2) is 12.4 Å². The Morgan fingerprint density at radius 2 is 2.16 bits per heavy atom. The molecule has 6 nitrogen and oxygen atoms in total. The van der Waals surface area contributed by atoms with E-state index in [2.05, 4.69) is 10.4 Å². The molecule has 6 heteroatoms. The Hall–Kier alpha value is -1.85. The van der Waals surface area contributed by atoms with E-state index < -0.39 is 5.54 Å². The predicted molar refractivity (Wildman–Crippen MR) is 69.4 cm³/mol. The smallest absolute Gasteiger partial charge is 0.252 e. The number of nitrogens with one attached hydrogen (secondary N) is 1. The van der Waals surface area contributed by atoms with Gasteiger partial charge in [0.25, 0.3) is 5.91 Å². The second-order valence-electron chi connectivity index (χ2n) is 5.60. The van der Waals surface area contributed by atoms with Crippen LogP contribution in [0.25, 0.3) is 0 Å². The van der Waals surface area contributed by atoms with Crippen LogP contribution in [0.5, 0.6) is 0 Å². The number of amides is 2. The molecule has 2 heterocycles. The summed E-state index contributed by atoms with van der Waals surface area (Å²) >= 11 is 0. The predicted octanol–water partition coefficient (Wildman–Crippen LogP) is 0.442. The second-order valence-corrected chi connectivity index (χ2v) is 5.60. The molecule has 1 aliphatic heterocycles. The van der Waals surface area contributed by atoms with Crippen LogP contribution in [0, 0.1) is 5.92 Å². The quantitative estimate of drug-likeness (QED) is 0.841. The first kappa shape index (κ1) is 12.2. The van der Waals surface area contributed by atoms with Crippen molar-refractivity contribution in [3.8, 4) is 0 Å². The van der Waals surface area contributed by atoms with Crippen molar-refractivity contribution in [1.29, 1.82) is 0 Å².